The molecule has 0 aliphatic rings. The highest BCUT2D eigenvalue weighted by Crippen LogP contribution is 2.29. The molecule has 0 saturated heterocycles. The number of nitrogen functional groups attached to an aromatic ring is 1. The van der Waals surface area contributed by atoms with Crippen LogP contribution >= 0.6 is 11.3 Å². The Bertz CT molecular complexity index is 466. The number of aromatic nitrogens is 1. The molecule has 0 fully saturated rings. The largest absolute Gasteiger partial charge is 0.383 e. The first-order chi connectivity index (χ1) is 7.06. The summed E-state index contributed by atoms with van der Waals surface area (Å²) in [6.07, 6.45) is 0. The minimum atomic E-state index is -0.239. The normalized spacial score (nSPS) is 10.6. The molecular weight excluding hydrogens is 211 g/mol. The number of nitrogens with zero attached hydrogens (tertiary/aromatic N) is 1. The summed E-state index contributed by atoms with van der Waals surface area (Å²) in [5.74, 6) is 0.285. The lowest BCUT2D eigenvalue weighted by Crippen LogP contribution is -1.87. The summed E-state index contributed by atoms with van der Waals surface area (Å²) in [6.45, 7) is 3.76. The van der Waals surface area contributed by atoms with Crippen molar-refractivity contribution in [2.45, 2.75) is 13.8 Å². The van der Waals surface area contributed by atoms with Crippen molar-refractivity contribution in [1.29, 1.82) is 0 Å². The number of hydrogen-bond donors (Lipinski definition) is 1. The topological polar surface area (TPSA) is 38.9 Å². The third-order valence-corrected chi connectivity index (χ3v) is 3.16. The number of aryl methyl sites for hydroxylation is 2. The van der Waals surface area contributed by atoms with Gasteiger partial charge in [0, 0.05) is 10.4 Å². The predicted octanol–water partition coefficient (Wildman–Crippen LogP) is 3.15. The molecule has 2 nitrogen and oxygen atoms in total. The molecule has 2 rings (SSSR count). The quantitative estimate of drug-likeness (QED) is 0.805. The number of thiazole rings is 1. The van der Waals surface area contributed by atoms with E-state index in [9.17, 15) is 4.39 Å². The summed E-state index contributed by atoms with van der Waals surface area (Å²) in [4.78, 5) is 5.16. The van der Waals surface area contributed by atoms with Gasteiger partial charge in [-0.15, -0.1) is 11.3 Å². The molecular formula is C11H11FN2S. The highest BCUT2D eigenvalue weighted by molar-refractivity contribution is 7.15. The van der Waals surface area contributed by atoms with Crippen LogP contribution in [0.2, 0.25) is 0 Å². The first-order valence-corrected chi connectivity index (χ1v) is 5.38. The van der Waals surface area contributed by atoms with Gasteiger partial charge in [0.2, 0.25) is 0 Å². The van der Waals surface area contributed by atoms with Crippen molar-refractivity contribution in [3.05, 3.63) is 34.5 Å². The van der Waals surface area contributed by atoms with Crippen molar-refractivity contribution in [1.82, 2.24) is 4.98 Å². The highest BCUT2D eigenvalue weighted by Gasteiger charge is 2.08. The molecule has 1 heterocycles. The molecule has 0 radical (unpaired) electrons. The van der Waals surface area contributed by atoms with Crippen LogP contribution in [-0.4, -0.2) is 4.98 Å². The first kappa shape index (κ1) is 10.1. The molecule has 1 aromatic carbocycles. The van der Waals surface area contributed by atoms with E-state index in [1.165, 1.54) is 23.5 Å². The van der Waals surface area contributed by atoms with Gasteiger partial charge in [0.15, 0.2) is 0 Å². The Balaban J connectivity index is 2.53. The molecule has 78 valence electrons. The second-order valence-electron chi connectivity index (χ2n) is 3.48. The van der Waals surface area contributed by atoms with Crippen molar-refractivity contribution < 1.29 is 4.39 Å². The molecule has 0 saturated carbocycles. The number of anilines is 1. The zero-order valence-electron chi connectivity index (χ0n) is 8.54. The number of nitrogens with two attached hydrogens (primary N) is 1. The summed E-state index contributed by atoms with van der Waals surface area (Å²) < 4.78 is 13.2. The zero-order chi connectivity index (χ0) is 11.0. The van der Waals surface area contributed by atoms with Gasteiger partial charge in [-0.25, -0.2) is 9.37 Å². The molecule has 0 aliphatic carbocycles. The van der Waals surface area contributed by atoms with Gasteiger partial charge in [0.05, 0.1) is 0 Å². The van der Waals surface area contributed by atoms with Crippen LogP contribution in [0, 0.1) is 19.7 Å². The Morgan fingerprint density at radius 3 is 2.53 bits per heavy atom. The molecule has 15 heavy (non-hydrogen) atoms. The lowest BCUT2D eigenvalue weighted by atomic mass is 10.1. The third-order valence-electron chi connectivity index (χ3n) is 2.12. The molecule has 0 unspecified atom stereocenters. The van der Waals surface area contributed by atoms with Gasteiger partial charge in [-0.2, -0.15) is 0 Å². The van der Waals surface area contributed by atoms with E-state index in [0.29, 0.717) is 5.82 Å². The van der Waals surface area contributed by atoms with E-state index in [2.05, 4.69) is 4.98 Å². The van der Waals surface area contributed by atoms with Gasteiger partial charge in [0.1, 0.15) is 16.6 Å². The average molecular weight is 222 g/mol. The van der Waals surface area contributed by atoms with Gasteiger partial charge in [-0.1, -0.05) is 0 Å². The van der Waals surface area contributed by atoms with Gasteiger partial charge in [-0.05, 0) is 37.6 Å². The number of halogens is 1. The van der Waals surface area contributed by atoms with Crippen LogP contribution < -0.4 is 5.73 Å². The number of benzene rings is 1. The Morgan fingerprint density at radius 2 is 2.00 bits per heavy atom. The van der Waals surface area contributed by atoms with Crippen LogP contribution in [0.5, 0.6) is 0 Å². The second kappa shape index (κ2) is 3.62. The summed E-state index contributed by atoms with van der Waals surface area (Å²) >= 11 is 1.48. The van der Waals surface area contributed by atoms with Crippen LogP contribution in [0.25, 0.3) is 10.6 Å². The van der Waals surface area contributed by atoms with E-state index in [-0.39, 0.29) is 5.82 Å². The molecule has 4 heteroatoms. The van der Waals surface area contributed by atoms with Crippen LogP contribution in [0.1, 0.15) is 10.4 Å². The van der Waals surface area contributed by atoms with Crippen molar-refractivity contribution in [2.24, 2.45) is 0 Å². The Kier molecular flexibility index (Phi) is 2.44. The van der Waals surface area contributed by atoms with Crippen LogP contribution in [-0.2, 0) is 0 Å². The van der Waals surface area contributed by atoms with Gasteiger partial charge >= 0.3 is 0 Å². The standard InChI is InChI=1S/C11H11FN2S/c1-6-3-8(5-9(12)4-6)11-14-10(13)7(2)15-11/h3-5H,13H2,1-2H3. The van der Waals surface area contributed by atoms with E-state index in [0.717, 1.165) is 21.0 Å². The molecule has 0 atom stereocenters. The summed E-state index contributed by atoms with van der Waals surface area (Å²) in [6, 6.07) is 4.87. The van der Waals surface area contributed by atoms with Crippen molar-refractivity contribution in [2.75, 3.05) is 5.73 Å². The Morgan fingerprint density at radius 1 is 1.27 bits per heavy atom. The molecule has 0 aliphatic heterocycles. The SMILES string of the molecule is Cc1cc(F)cc(-c2nc(N)c(C)s2)c1. The smallest absolute Gasteiger partial charge is 0.138 e. The molecule has 0 spiro atoms. The van der Waals surface area contributed by atoms with Crippen LogP contribution in [0.15, 0.2) is 18.2 Å². The Hall–Kier alpha value is -1.42. The second-order valence-corrected chi connectivity index (χ2v) is 4.68. The van der Waals surface area contributed by atoms with Crippen LogP contribution in [0.3, 0.4) is 0 Å². The zero-order valence-corrected chi connectivity index (χ0v) is 9.36. The minimum absolute atomic E-state index is 0.239. The van der Waals surface area contributed by atoms with E-state index in [4.69, 9.17) is 5.73 Å². The van der Waals surface area contributed by atoms with Crippen molar-refractivity contribution in [3.8, 4) is 10.6 Å². The summed E-state index contributed by atoms with van der Waals surface area (Å²) in [5.41, 5.74) is 7.33. The maximum Gasteiger partial charge on any atom is 0.138 e. The lowest BCUT2D eigenvalue weighted by Gasteiger charge is -1.98. The van der Waals surface area contributed by atoms with Crippen molar-refractivity contribution in [3.63, 3.8) is 0 Å². The van der Waals surface area contributed by atoms with E-state index in [1.807, 2.05) is 19.9 Å². The molecule has 0 bridgehead atoms. The van der Waals surface area contributed by atoms with E-state index >= 15 is 0 Å². The lowest BCUT2D eigenvalue weighted by molar-refractivity contribution is 0.627. The number of rotatable bonds is 1. The first-order valence-electron chi connectivity index (χ1n) is 4.57. The molecule has 2 N–H and O–H groups in total. The number of hydrogen-bond acceptors (Lipinski definition) is 3. The summed E-state index contributed by atoms with van der Waals surface area (Å²) in [7, 11) is 0. The molecule has 1 aromatic heterocycles. The fraction of sp³-hybridized carbons (Fsp3) is 0.182. The monoisotopic (exact) mass is 222 g/mol. The highest BCUT2D eigenvalue weighted by atomic mass is 32.1. The van der Waals surface area contributed by atoms with Gasteiger partial charge in [-0.3, -0.25) is 0 Å². The Labute approximate surface area is 91.6 Å². The average Bonchev–Trinajstić information content (AvgIpc) is 2.45. The van der Waals surface area contributed by atoms with E-state index in [1.54, 1.807) is 0 Å². The maximum atomic E-state index is 13.2. The fourth-order valence-corrected chi connectivity index (χ4v) is 2.21. The fourth-order valence-electron chi connectivity index (χ4n) is 1.39. The molecule has 2 aromatic rings. The molecule has 0 amide bonds. The minimum Gasteiger partial charge on any atom is -0.383 e. The third kappa shape index (κ3) is 1.99. The van der Waals surface area contributed by atoms with Gasteiger partial charge in [0.25, 0.3) is 0 Å². The maximum absolute atomic E-state index is 13.2. The van der Waals surface area contributed by atoms with Gasteiger partial charge < -0.3 is 5.73 Å². The summed E-state index contributed by atoms with van der Waals surface area (Å²) in [5, 5.41) is 0.771. The van der Waals surface area contributed by atoms with Crippen LogP contribution in [0.4, 0.5) is 10.2 Å². The van der Waals surface area contributed by atoms with E-state index < -0.39 is 0 Å². The predicted molar refractivity (Wildman–Crippen MR) is 61.4 cm³/mol. The van der Waals surface area contributed by atoms with Crippen molar-refractivity contribution >= 4 is 17.2 Å².